The predicted octanol–water partition coefficient (Wildman–Crippen LogP) is 15.5. The monoisotopic (exact) mass is 806 g/mol. The van der Waals surface area contributed by atoms with Crippen LogP contribution in [0.4, 0.5) is 0 Å². The molecule has 0 saturated carbocycles. The molecule has 0 unspecified atom stereocenters. The van der Waals surface area contributed by atoms with Gasteiger partial charge in [-0.15, -0.1) is 11.3 Å². The Morgan fingerprint density at radius 2 is 0.742 bits per heavy atom. The zero-order valence-electron chi connectivity index (χ0n) is 33.3. The van der Waals surface area contributed by atoms with Crippen molar-refractivity contribution in [1.29, 1.82) is 0 Å². The molecule has 5 heteroatoms. The average molecular weight is 807 g/mol. The molecule has 0 spiro atoms. The van der Waals surface area contributed by atoms with Gasteiger partial charge in [-0.2, -0.15) is 9.97 Å². The fourth-order valence-corrected chi connectivity index (χ4v) is 10.6. The van der Waals surface area contributed by atoms with E-state index in [4.69, 9.17) is 15.0 Å². The Hall–Kier alpha value is -7.99. The largest absolute Gasteiger partial charge is 0.278 e. The molecule has 0 aliphatic heterocycles. The molecule has 0 atom stereocenters. The Balaban J connectivity index is 1.12. The fraction of sp³-hybridized carbons (Fsp3) is 0. The van der Waals surface area contributed by atoms with Gasteiger partial charge in [0.1, 0.15) is 0 Å². The average Bonchev–Trinajstić information content (AvgIpc) is 3.88. The van der Waals surface area contributed by atoms with Gasteiger partial charge in [-0.25, -0.2) is 4.98 Å². The molecule has 13 rings (SSSR count). The molecule has 62 heavy (non-hydrogen) atoms. The first-order valence-corrected chi connectivity index (χ1v) is 21.7. The standard InChI is InChI=1S/C57H34N4S/c1-4-14-35(15-5-1)38-25-28-51-48(31-38)49-33-46-45-30-39(40-26-29-54-50(32-40)44-22-12-13-23-53(44)62-54)24-27-43(45)41-20-10-11-21-42(41)47(46)34-52(49)61(51)57-59-55(36-16-6-2-7-17-36)58-56(60-57)37-18-8-3-9-19-37/h1-34H. The van der Waals surface area contributed by atoms with Crippen molar-refractivity contribution < 1.29 is 0 Å². The van der Waals surface area contributed by atoms with E-state index in [1.165, 1.54) is 69.2 Å². The summed E-state index contributed by atoms with van der Waals surface area (Å²) in [6, 6.07) is 74.1. The van der Waals surface area contributed by atoms with Crippen molar-refractivity contribution in [1.82, 2.24) is 19.5 Å². The lowest BCUT2D eigenvalue weighted by molar-refractivity contribution is 0.954. The zero-order chi connectivity index (χ0) is 40.7. The van der Waals surface area contributed by atoms with E-state index in [2.05, 4.69) is 174 Å². The second kappa shape index (κ2) is 13.8. The number of nitrogens with zero attached hydrogens (tertiary/aromatic N) is 4. The number of thiophene rings is 1. The maximum absolute atomic E-state index is 5.27. The van der Waals surface area contributed by atoms with Crippen molar-refractivity contribution >= 4 is 85.6 Å². The SMILES string of the molecule is c1ccc(-c2ccc3c(c2)c2cc4c5cc(-c6ccc7sc8ccccc8c7c6)ccc5c5ccccc5c4cc2n3-c2nc(-c3ccccc3)nc(-c3ccccc3)n2)cc1. The van der Waals surface area contributed by atoms with Crippen molar-refractivity contribution in [2.24, 2.45) is 0 Å². The molecule has 0 radical (unpaired) electrons. The second-order valence-electron chi connectivity index (χ2n) is 16.0. The summed E-state index contributed by atoms with van der Waals surface area (Å²) >= 11 is 1.86. The van der Waals surface area contributed by atoms with Gasteiger partial charge in [0.25, 0.3) is 0 Å². The van der Waals surface area contributed by atoms with E-state index >= 15 is 0 Å². The summed E-state index contributed by atoms with van der Waals surface area (Å²) in [6.07, 6.45) is 0. The van der Waals surface area contributed by atoms with Gasteiger partial charge >= 0.3 is 0 Å². The summed E-state index contributed by atoms with van der Waals surface area (Å²) in [4.78, 5) is 15.6. The lowest BCUT2D eigenvalue weighted by Crippen LogP contribution is -2.06. The third-order valence-corrected chi connectivity index (χ3v) is 13.6. The topological polar surface area (TPSA) is 43.6 Å². The Kier molecular flexibility index (Phi) is 7.74. The summed E-state index contributed by atoms with van der Waals surface area (Å²) in [5.74, 6) is 1.83. The Morgan fingerprint density at radius 1 is 0.274 bits per heavy atom. The van der Waals surface area contributed by atoms with Crippen LogP contribution in [-0.2, 0) is 0 Å². The van der Waals surface area contributed by atoms with Gasteiger partial charge in [0.05, 0.1) is 11.0 Å². The van der Waals surface area contributed by atoms with Crippen LogP contribution < -0.4 is 0 Å². The molecule has 0 bridgehead atoms. The Morgan fingerprint density at radius 3 is 1.45 bits per heavy atom. The second-order valence-corrected chi connectivity index (χ2v) is 17.1. The first-order valence-electron chi connectivity index (χ1n) is 20.9. The number of rotatable bonds is 5. The van der Waals surface area contributed by atoms with Gasteiger partial charge in [-0.3, -0.25) is 4.57 Å². The molecule has 0 aliphatic rings. The van der Waals surface area contributed by atoms with Crippen molar-refractivity contribution in [3.05, 3.63) is 206 Å². The van der Waals surface area contributed by atoms with E-state index in [1.54, 1.807) is 0 Å². The summed E-state index contributed by atoms with van der Waals surface area (Å²) in [7, 11) is 0. The van der Waals surface area contributed by atoms with E-state index in [0.717, 1.165) is 38.5 Å². The van der Waals surface area contributed by atoms with Crippen molar-refractivity contribution in [3.63, 3.8) is 0 Å². The van der Waals surface area contributed by atoms with Crippen LogP contribution in [0.25, 0.3) is 125 Å². The smallest absolute Gasteiger partial charge is 0.238 e. The van der Waals surface area contributed by atoms with Crippen LogP contribution in [0.15, 0.2) is 206 Å². The number of fused-ring (bicyclic) bond motifs is 12. The Labute approximate surface area is 360 Å². The minimum atomic E-state index is 0.577. The minimum Gasteiger partial charge on any atom is -0.278 e. The Bertz CT molecular complexity index is 3850. The highest BCUT2D eigenvalue weighted by Crippen LogP contribution is 2.44. The molecule has 13 aromatic rings. The van der Waals surface area contributed by atoms with Crippen molar-refractivity contribution in [2.75, 3.05) is 0 Å². The van der Waals surface area contributed by atoms with E-state index in [1.807, 2.05) is 47.7 Å². The van der Waals surface area contributed by atoms with E-state index in [9.17, 15) is 0 Å². The van der Waals surface area contributed by atoms with Gasteiger partial charge in [-0.1, -0.05) is 158 Å². The molecule has 3 aromatic heterocycles. The highest BCUT2D eigenvalue weighted by atomic mass is 32.1. The first-order chi connectivity index (χ1) is 30.7. The van der Waals surface area contributed by atoms with Gasteiger partial charge < -0.3 is 0 Å². The normalized spacial score (nSPS) is 11.9. The van der Waals surface area contributed by atoms with Crippen molar-refractivity contribution in [2.45, 2.75) is 0 Å². The fourth-order valence-electron chi connectivity index (χ4n) is 9.47. The van der Waals surface area contributed by atoms with Crippen LogP contribution in [0.5, 0.6) is 0 Å². The predicted molar refractivity (Wildman–Crippen MR) is 261 cm³/mol. The number of benzene rings is 10. The molecule has 288 valence electrons. The maximum atomic E-state index is 5.27. The molecule has 0 saturated heterocycles. The van der Waals surface area contributed by atoms with Crippen LogP contribution in [-0.4, -0.2) is 19.5 Å². The molecule has 0 N–H and O–H groups in total. The van der Waals surface area contributed by atoms with E-state index in [-0.39, 0.29) is 0 Å². The molecule has 0 aliphatic carbocycles. The van der Waals surface area contributed by atoms with Gasteiger partial charge in [0.15, 0.2) is 11.6 Å². The minimum absolute atomic E-state index is 0.577. The summed E-state index contributed by atoms with van der Waals surface area (Å²) in [5.41, 5.74) is 8.69. The van der Waals surface area contributed by atoms with Crippen LogP contribution in [0.2, 0.25) is 0 Å². The highest BCUT2D eigenvalue weighted by Gasteiger charge is 2.21. The summed E-state index contributed by atoms with van der Waals surface area (Å²) in [6.45, 7) is 0. The quantitative estimate of drug-likeness (QED) is 0.163. The molecule has 4 nitrogen and oxygen atoms in total. The lowest BCUT2D eigenvalue weighted by atomic mass is 9.91. The maximum Gasteiger partial charge on any atom is 0.238 e. The number of aromatic nitrogens is 4. The molecule has 10 aromatic carbocycles. The zero-order valence-corrected chi connectivity index (χ0v) is 34.1. The van der Waals surface area contributed by atoms with Crippen LogP contribution in [0.1, 0.15) is 0 Å². The number of hydrogen-bond donors (Lipinski definition) is 0. The third kappa shape index (κ3) is 5.49. The highest BCUT2D eigenvalue weighted by molar-refractivity contribution is 7.25. The lowest BCUT2D eigenvalue weighted by Gasteiger charge is -2.14. The molecule has 3 heterocycles. The third-order valence-electron chi connectivity index (χ3n) is 12.4. The van der Waals surface area contributed by atoms with Crippen LogP contribution in [0, 0.1) is 0 Å². The van der Waals surface area contributed by atoms with Crippen LogP contribution in [0.3, 0.4) is 0 Å². The van der Waals surface area contributed by atoms with E-state index < -0.39 is 0 Å². The van der Waals surface area contributed by atoms with Crippen LogP contribution >= 0.6 is 11.3 Å². The molecule has 0 fully saturated rings. The van der Waals surface area contributed by atoms with Gasteiger partial charge in [0, 0.05) is 42.1 Å². The first kappa shape index (κ1) is 34.8. The molecular weight excluding hydrogens is 773 g/mol. The van der Waals surface area contributed by atoms with Gasteiger partial charge in [0.2, 0.25) is 5.95 Å². The molecular formula is C57H34N4S. The summed E-state index contributed by atoms with van der Waals surface area (Å²) in [5, 5.41) is 12.2. The van der Waals surface area contributed by atoms with Gasteiger partial charge in [-0.05, 0) is 103 Å². The van der Waals surface area contributed by atoms with E-state index in [0.29, 0.717) is 17.6 Å². The summed E-state index contributed by atoms with van der Waals surface area (Å²) < 4.78 is 4.87. The molecule has 0 amide bonds. The number of hydrogen-bond acceptors (Lipinski definition) is 4. The van der Waals surface area contributed by atoms with Crippen molar-refractivity contribution in [3.8, 4) is 51.0 Å².